The number of amides is 2. The lowest BCUT2D eigenvalue weighted by Crippen LogP contribution is -2.53. The highest BCUT2D eigenvalue weighted by Gasteiger charge is 2.35. The molecular formula is C36H41N3O5S. The number of carbonyl (C=O) groups is 2. The molecule has 0 fully saturated rings. The maximum atomic E-state index is 14.6. The average Bonchev–Trinajstić information content (AvgIpc) is 3.03. The number of ether oxygens (including phenoxy) is 1. The fourth-order valence-corrected chi connectivity index (χ4v) is 6.62. The zero-order valence-corrected chi connectivity index (χ0v) is 27.3. The molecule has 0 saturated heterocycles. The number of methoxy groups -OCH3 is 1. The van der Waals surface area contributed by atoms with Gasteiger partial charge in [0.15, 0.2) is 0 Å². The van der Waals surface area contributed by atoms with Crippen LogP contribution in [0.5, 0.6) is 5.75 Å². The molecule has 9 heteroatoms. The molecule has 0 aromatic heterocycles. The molecule has 0 heterocycles. The van der Waals surface area contributed by atoms with E-state index >= 15 is 0 Å². The first-order chi connectivity index (χ1) is 21.5. The number of nitrogens with one attached hydrogen (secondary N) is 1. The van der Waals surface area contributed by atoms with E-state index < -0.39 is 28.5 Å². The quantitative estimate of drug-likeness (QED) is 0.209. The van der Waals surface area contributed by atoms with E-state index in [9.17, 15) is 18.0 Å². The van der Waals surface area contributed by atoms with Gasteiger partial charge >= 0.3 is 0 Å². The zero-order valence-electron chi connectivity index (χ0n) is 26.5. The number of benzene rings is 4. The Kier molecular flexibility index (Phi) is 11.0. The van der Waals surface area contributed by atoms with Crippen molar-refractivity contribution in [3.63, 3.8) is 0 Å². The molecule has 0 spiro atoms. The lowest BCUT2D eigenvalue weighted by molar-refractivity contribution is -0.140. The van der Waals surface area contributed by atoms with Gasteiger partial charge in [0.25, 0.3) is 10.0 Å². The molecular weight excluding hydrogens is 586 g/mol. The number of rotatable bonds is 13. The SMILES string of the molecule is CCNC(=O)[C@@H](Cc1ccccc1)N(Cc1cccc(OC)c1)C(=O)CN(c1cc(C)ccc1C)S(=O)(=O)c1ccc(C)cc1. The van der Waals surface area contributed by atoms with Gasteiger partial charge in [0, 0.05) is 19.5 Å². The molecule has 45 heavy (non-hydrogen) atoms. The van der Waals surface area contributed by atoms with Crippen molar-refractivity contribution < 1.29 is 22.7 Å². The van der Waals surface area contributed by atoms with Crippen molar-refractivity contribution in [2.45, 2.75) is 51.6 Å². The van der Waals surface area contributed by atoms with E-state index in [0.29, 0.717) is 23.5 Å². The predicted molar refractivity (Wildman–Crippen MR) is 178 cm³/mol. The van der Waals surface area contributed by atoms with Gasteiger partial charge in [-0.2, -0.15) is 0 Å². The van der Waals surface area contributed by atoms with Crippen LogP contribution < -0.4 is 14.4 Å². The summed E-state index contributed by atoms with van der Waals surface area (Å²) < 4.78 is 35.1. The fourth-order valence-electron chi connectivity index (χ4n) is 5.15. The standard InChI is InChI=1S/C36H41N3O5S/c1-6-37-36(41)34(23-29-11-8-7-9-12-29)38(24-30-13-10-14-31(22-30)44-5)35(40)25-39(33-21-27(3)15-18-28(33)4)45(42,43)32-19-16-26(2)17-20-32/h7-22,34H,6,23-25H2,1-5H3,(H,37,41)/t34-/m1/s1. The fraction of sp³-hybridized carbons (Fsp3) is 0.278. The van der Waals surface area contributed by atoms with E-state index in [1.54, 1.807) is 43.5 Å². The zero-order chi connectivity index (χ0) is 32.6. The molecule has 4 rings (SSSR count). The van der Waals surface area contributed by atoms with Crippen LogP contribution >= 0.6 is 0 Å². The first kappa shape index (κ1) is 33.3. The van der Waals surface area contributed by atoms with Crippen molar-refractivity contribution in [2.24, 2.45) is 0 Å². The van der Waals surface area contributed by atoms with Crippen molar-refractivity contribution in [1.82, 2.24) is 10.2 Å². The second kappa shape index (κ2) is 14.9. The van der Waals surface area contributed by atoms with Crippen LogP contribution in [0, 0.1) is 20.8 Å². The number of carbonyl (C=O) groups excluding carboxylic acids is 2. The Hall–Kier alpha value is -4.63. The Morgan fingerprint density at radius 1 is 0.822 bits per heavy atom. The molecule has 0 radical (unpaired) electrons. The molecule has 4 aromatic rings. The molecule has 0 aliphatic heterocycles. The van der Waals surface area contributed by atoms with Gasteiger partial charge in [0.2, 0.25) is 11.8 Å². The maximum absolute atomic E-state index is 14.6. The molecule has 2 amide bonds. The van der Waals surface area contributed by atoms with Crippen molar-refractivity contribution in [1.29, 1.82) is 0 Å². The Bertz CT molecular complexity index is 1720. The van der Waals surface area contributed by atoms with Crippen LogP contribution in [0.15, 0.2) is 102 Å². The first-order valence-electron chi connectivity index (χ1n) is 14.9. The Morgan fingerprint density at radius 2 is 1.49 bits per heavy atom. The molecule has 236 valence electrons. The molecule has 0 aliphatic carbocycles. The van der Waals surface area contributed by atoms with Gasteiger partial charge in [0.05, 0.1) is 17.7 Å². The highest BCUT2D eigenvalue weighted by atomic mass is 32.2. The summed E-state index contributed by atoms with van der Waals surface area (Å²) in [6.45, 7) is 7.33. The van der Waals surface area contributed by atoms with Gasteiger partial charge in [0.1, 0.15) is 18.3 Å². The number of hydrogen-bond donors (Lipinski definition) is 1. The second-order valence-corrected chi connectivity index (χ2v) is 13.0. The largest absolute Gasteiger partial charge is 0.497 e. The summed E-state index contributed by atoms with van der Waals surface area (Å²) in [4.78, 5) is 29.8. The monoisotopic (exact) mass is 627 g/mol. The van der Waals surface area contributed by atoms with E-state index in [2.05, 4.69) is 5.32 Å². The van der Waals surface area contributed by atoms with Gasteiger partial charge in [-0.05, 0) is 80.3 Å². The van der Waals surface area contributed by atoms with Gasteiger partial charge in [-0.3, -0.25) is 13.9 Å². The predicted octanol–water partition coefficient (Wildman–Crippen LogP) is 5.59. The van der Waals surface area contributed by atoms with E-state index in [1.807, 2.05) is 88.4 Å². The summed E-state index contributed by atoms with van der Waals surface area (Å²) in [6.07, 6.45) is 0.247. The normalized spacial score (nSPS) is 11.8. The summed E-state index contributed by atoms with van der Waals surface area (Å²) in [5.41, 5.74) is 4.49. The number of aryl methyl sites for hydroxylation is 3. The average molecular weight is 628 g/mol. The third kappa shape index (κ3) is 8.30. The van der Waals surface area contributed by atoms with E-state index in [0.717, 1.165) is 26.6 Å². The van der Waals surface area contributed by atoms with Crippen molar-refractivity contribution in [3.8, 4) is 5.75 Å². The Balaban J connectivity index is 1.83. The minimum atomic E-state index is -4.17. The molecule has 8 nitrogen and oxygen atoms in total. The second-order valence-electron chi connectivity index (χ2n) is 11.1. The lowest BCUT2D eigenvalue weighted by Gasteiger charge is -2.34. The summed E-state index contributed by atoms with van der Waals surface area (Å²) in [7, 11) is -2.61. The third-order valence-electron chi connectivity index (χ3n) is 7.63. The molecule has 0 aliphatic rings. The molecule has 0 saturated carbocycles. The van der Waals surface area contributed by atoms with Crippen LogP contribution in [0.25, 0.3) is 0 Å². The number of likely N-dealkylation sites (N-methyl/N-ethyl adjacent to an activating group) is 1. The summed E-state index contributed by atoms with van der Waals surface area (Å²) in [6, 6.07) is 27.9. The highest BCUT2D eigenvalue weighted by Crippen LogP contribution is 2.29. The molecule has 1 atom stereocenters. The lowest BCUT2D eigenvalue weighted by atomic mass is 10.0. The Labute approximate surface area is 266 Å². The summed E-state index contributed by atoms with van der Waals surface area (Å²) in [5, 5.41) is 2.88. The van der Waals surface area contributed by atoms with Crippen LogP contribution in [0.1, 0.15) is 34.7 Å². The summed E-state index contributed by atoms with van der Waals surface area (Å²) in [5.74, 6) is -0.227. The number of anilines is 1. The van der Waals surface area contributed by atoms with Crippen molar-refractivity contribution in [3.05, 3.63) is 125 Å². The van der Waals surface area contributed by atoms with E-state index in [1.165, 1.54) is 4.90 Å². The molecule has 0 unspecified atom stereocenters. The number of nitrogens with zero attached hydrogens (tertiary/aromatic N) is 2. The van der Waals surface area contributed by atoms with Gasteiger partial charge in [-0.15, -0.1) is 0 Å². The highest BCUT2D eigenvalue weighted by molar-refractivity contribution is 7.92. The topological polar surface area (TPSA) is 96.0 Å². The van der Waals surface area contributed by atoms with Crippen LogP contribution in [0.2, 0.25) is 0 Å². The smallest absolute Gasteiger partial charge is 0.264 e. The van der Waals surface area contributed by atoms with Gasteiger partial charge < -0.3 is 15.0 Å². The summed E-state index contributed by atoms with van der Waals surface area (Å²) >= 11 is 0. The minimum Gasteiger partial charge on any atom is -0.497 e. The Morgan fingerprint density at radius 3 is 2.16 bits per heavy atom. The molecule has 0 bridgehead atoms. The van der Waals surface area contributed by atoms with Gasteiger partial charge in [-0.1, -0.05) is 72.3 Å². The van der Waals surface area contributed by atoms with E-state index in [4.69, 9.17) is 4.74 Å². The third-order valence-corrected chi connectivity index (χ3v) is 9.40. The minimum absolute atomic E-state index is 0.0654. The number of hydrogen-bond acceptors (Lipinski definition) is 5. The molecule has 1 N–H and O–H groups in total. The van der Waals surface area contributed by atoms with Crippen molar-refractivity contribution >= 4 is 27.5 Å². The van der Waals surface area contributed by atoms with E-state index in [-0.39, 0.29) is 23.8 Å². The first-order valence-corrected chi connectivity index (χ1v) is 16.4. The van der Waals surface area contributed by atoms with Gasteiger partial charge in [-0.25, -0.2) is 8.42 Å². The van der Waals surface area contributed by atoms with Crippen LogP contribution in [-0.4, -0.2) is 51.4 Å². The van der Waals surface area contributed by atoms with Crippen LogP contribution in [-0.2, 0) is 32.6 Å². The van der Waals surface area contributed by atoms with Crippen molar-refractivity contribution in [2.75, 3.05) is 24.5 Å². The van der Waals surface area contributed by atoms with Crippen LogP contribution in [0.3, 0.4) is 0 Å². The maximum Gasteiger partial charge on any atom is 0.264 e. The molecule has 4 aromatic carbocycles. The van der Waals surface area contributed by atoms with Crippen LogP contribution in [0.4, 0.5) is 5.69 Å². The number of sulfonamides is 1.